The zero-order chi connectivity index (χ0) is 18.5. The smallest absolute Gasteiger partial charge is 0.193 e. The van der Waals surface area contributed by atoms with Crippen LogP contribution in [0.5, 0.6) is 0 Å². The highest BCUT2D eigenvalue weighted by Gasteiger charge is 2.17. The van der Waals surface area contributed by atoms with Crippen LogP contribution in [0.2, 0.25) is 0 Å². The summed E-state index contributed by atoms with van der Waals surface area (Å²) in [6, 6.07) is 10.6. The highest BCUT2D eigenvalue weighted by atomic mass is 16.5. The molecule has 1 N–H and O–H groups in total. The van der Waals surface area contributed by atoms with Crippen LogP contribution < -0.4 is 5.32 Å². The molecule has 0 radical (unpaired) electrons. The number of methoxy groups -OCH3 is 1. The number of hydrogen-bond acceptors (Lipinski definition) is 3. The van der Waals surface area contributed by atoms with Crippen LogP contribution in [0.1, 0.15) is 31.7 Å². The van der Waals surface area contributed by atoms with Gasteiger partial charge in [0.2, 0.25) is 0 Å². The highest BCUT2D eigenvalue weighted by molar-refractivity contribution is 5.80. The van der Waals surface area contributed by atoms with E-state index in [0.717, 1.165) is 58.0 Å². The molecule has 2 rings (SSSR count). The van der Waals surface area contributed by atoms with Gasteiger partial charge in [-0.15, -0.1) is 0 Å². The van der Waals surface area contributed by atoms with Crippen molar-refractivity contribution in [2.24, 2.45) is 4.99 Å². The standard InChI is InChI=1S/C21H33N3O2/c1-3-22-21(23-12-7-15-26-17-16-25-2)24-13-10-20(11-14-24)18-19-8-5-4-6-9-19/h4-6,8-9,18H,3,7,10-17H2,1-2H3,(H,22,23). The van der Waals surface area contributed by atoms with Crippen molar-refractivity contribution in [2.45, 2.75) is 26.2 Å². The number of nitrogens with one attached hydrogen (secondary N) is 1. The predicted octanol–water partition coefficient (Wildman–Crippen LogP) is 3.18. The van der Waals surface area contributed by atoms with E-state index < -0.39 is 0 Å². The molecule has 5 heteroatoms. The highest BCUT2D eigenvalue weighted by Crippen LogP contribution is 2.19. The maximum absolute atomic E-state index is 5.50. The molecule has 1 aromatic carbocycles. The Balaban J connectivity index is 1.77. The zero-order valence-corrected chi connectivity index (χ0v) is 16.2. The zero-order valence-electron chi connectivity index (χ0n) is 16.2. The summed E-state index contributed by atoms with van der Waals surface area (Å²) in [7, 11) is 1.69. The minimum Gasteiger partial charge on any atom is -0.382 e. The molecule has 1 aromatic rings. The molecular weight excluding hydrogens is 326 g/mol. The quantitative estimate of drug-likeness (QED) is 0.418. The van der Waals surface area contributed by atoms with E-state index in [1.165, 1.54) is 11.1 Å². The van der Waals surface area contributed by atoms with Gasteiger partial charge in [0.1, 0.15) is 0 Å². The fourth-order valence-corrected chi connectivity index (χ4v) is 2.96. The van der Waals surface area contributed by atoms with Crippen LogP contribution in [0.4, 0.5) is 0 Å². The third kappa shape index (κ3) is 7.58. The predicted molar refractivity (Wildman–Crippen MR) is 109 cm³/mol. The van der Waals surface area contributed by atoms with Crippen LogP contribution in [0, 0.1) is 0 Å². The summed E-state index contributed by atoms with van der Waals surface area (Å²) in [6.07, 6.45) is 5.46. The average Bonchev–Trinajstić information content (AvgIpc) is 2.68. The van der Waals surface area contributed by atoms with E-state index in [9.17, 15) is 0 Å². The van der Waals surface area contributed by atoms with Crippen LogP contribution in [0.25, 0.3) is 6.08 Å². The van der Waals surface area contributed by atoms with Crippen LogP contribution in [0.15, 0.2) is 40.9 Å². The Morgan fingerprint density at radius 1 is 1.15 bits per heavy atom. The Labute approximate surface area is 158 Å². The van der Waals surface area contributed by atoms with E-state index in [1.807, 2.05) is 0 Å². The Morgan fingerprint density at radius 3 is 2.62 bits per heavy atom. The molecule has 0 unspecified atom stereocenters. The first-order chi connectivity index (χ1) is 12.8. The molecule has 1 aliphatic heterocycles. The molecule has 1 saturated heterocycles. The molecule has 0 aliphatic carbocycles. The maximum atomic E-state index is 5.50. The largest absolute Gasteiger partial charge is 0.382 e. The van der Waals surface area contributed by atoms with Crippen molar-refractivity contribution >= 4 is 12.0 Å². The second-order valence-corrected chi connectivity index (χ2v) is 6.39. The first kappa shape index (κ1) is 20.5. The molecule has 0 bridgehead atoms. The van der Waals surface area contributed by atoms with Gasteiger partial charge in [0.15, 0.2) is 5.96 Å². The number of rotatable bonds is 9. The van der Waals surface area contributed by atoms with E-state index in [1.54, 1.807) is 7.11 Å². The van der Waals surface area contributed by atoms with Gasteiger partial charge in [0.25, 0.3) is 0 Å². The molecule has 0 spiro atoms. The molecule has 0 saturated carbocycles. The molecule has 5 nitrogen and oxygen atoms in total. The van der Waals surface area contributed by atoms with Gasteiger partial charge >= 0.3 is 0 Å². The topological polar surface area (TPSA) is 46.1 Å². The van der Waals surface area contributed by atoms with Gasteiger partial charge in [-0.05, 0) is 31.7 Å². The number of piperidine rings is 1. The summed E-state index contributed by atoms with van der Waals surface area (Å²) >= 11 is 0. The lowest BCUT2D eigenvalue weighted by Gasteiger charge is -2.31. The van der Waals surface area contributed by atoms with Crippen molar-refractivity contribution in [3.63, 3.8) is 0 Å². The molecule has 26 heavy (non-hydrogen) atoms. The fraction of sp³-hybridized carbons (Fsp3) is 0.571. The lowest BCUT2D eigenvalue weighted by molar-refractivity contribution is 0.0702. The monoisotopic (exact) mass is 359 g/mol. The number of nitrogens with zero attached hydrogens (tertiary/aromatic N) is 2. The van der Waals surface area contributed by atoms with E-state index in [2.05, 4.69) is 53.5 Å². The Bertz CT molecular complexity index is 548. The number of guanidine groups is 1. The van der Waals surface area contributed by atoms with Crippen molar-refractivity contribution in [1.29, 1.82) is 0 Å². The molecule has 1 fully saturated rings. The molecule has 0 atom stereocenters. The second kappa shape index (κ2) is 12.5. The lowest BCUT2D eigenvalue weighted by Crippen LogP contribution is -2.44. The van der Waals surface area contributed by atoms with Crippen LogP contribution >= 0.6 is 0 Å². The van der Waals surface area contributed by atoms with E-state index >= 15 is 0 Å². The molecule has 0 aromatic heterocycles. The van der Waals surface area contributed by atoms with Crippen LogP contribution in [0.3, 0.4) is 0 Å². The lowest BCUT2D eigenvalue weighted by atomic mass is 10.0. The van der Waals surface area contributed by atoms with Gasteiger partial charge in [-0.3, -0.25) is 4.99 Å². The summed E-state index contributed by atoms with van der Waals surface area (Å²) in [5.41, 5.74) is 2.82. The number of aliphatic imine (C=N–C) groups is 1. The number of benzene rings is 1. The Morgan fingerprint density at radius 2 is 1.92 bits per heavy atom. The van der Waals surface area contributed by atoms with Gasteiger partial charge in [-0.25, -0.2) is 0 Å². The maximum Gasteiger partial charge on any atom is 0.193 e. The van der Waals surface area contributed by atoms with Crippen molar-refractivity contribution in [2.75, 3.05) is 53.1 Å². The number of ether oxygens (including phenoxy) is 2. The van der Waals surface area contributed by atoms with Gasteiger partial charge in [-0.2, -0.15) is 0 Å². The summed E-state index contributed by atoms with van der Waals surface area (Å²) in [6.45, 7) is 7.89. The van der Waals surface area contributed by atoms with E-state index in [0.29, 0.717) is 13.2 Å². The molecular formula is C21H33N3O2. The van der Waals surface area contributed by atoms with E-state index in [-0.39, 0.29) is 0 Å². The van der Waals surface area contributed by atoms with Crippen molar-refractivity contribution in [1.82, 2.24) is 10.2 Å². The average molecular weight is 360 g/mol. The minimum absolute atomic E-state index is 0.651. The molecule has 1 heterocycles. The minimum atomic E-state index is 0.651. The Hall–Kier alpha value is -1.85. The molecule has 0 amide bonds. The number of likely N-dealkylation sites (tertiary alicyclic amines) is 1. The third-order valence-corrected chi connectivity index (χ3v) is 4.35. The fourth-order valence-electron chi connectivity index (χ4n) is 2.96. The number of hydrogen-bond donors (Lipinski definition) is 1. The third-order valence-electron chi connectivity index (χ3n) is 4.35. The van der Waals surface area contributed by atoms with Gasteiger partial charge in [-0.1, -0.05) is 42.0 Å². The summed E-state index contributed by atoms with van der Waals surface area (Å²) < 4.78 is 10.5. The van der Waals surface area contributed by atoms with Gasteiger partial charge < -0.3 is 19.7 Å². The van der Waals surface area contributed by atoms with Crippen molar-refractivity contribution in [3.8, 4) is 0 Å². The summed E-state index contributed by atoms with van der Waals surface area (Å²) in [5, 5.41) is 3.42. The first-order valence-electron chi connectivity index (χ1n) is 9.68. The normalized spacial score (nSPS) is 15.2. The molecule has 1 aliphatic rings. The van der Waals surface area contributed by atoms with Crippen LogP contribution in [-0.2, 0) is 9.47 Å². The van der Waals surface area contributed by atoms with E-state index in [4.69, 9.17) is 14.5 Å². The van der Waals surface area contributed by atoms with Crippen molar-refractivity contribution in [3.05, 3.63) is 41.5 Å². The second-order valence-electron chi connectivity index (χ2n) is 6.39. The van der Waals surface area contributed by atoms with Gasteiger partial charge in [0.05, 0.1) is 13.2 Å². The van der Waals surface area contributed by atoms with Crippen LogP contribution in [-0.4, -0.2) is 64.0 Å². The summed E-state index contributed by atoms with van der Waals surface area (Å²) in [4.78, 5) is 7.14. The molecule has 144 valence electrons. The SMILES string of the molecule is CCNC(=NCCCOCCOC)N1CCC(=Cc2ccccc2)CC1. The van der Waals surface area contributed by atoms with Crippen molar-refractivity contribution < 1.29 is 9.47 Å². The Kier molecular flexibility index (Phi) is 9.83. The van der Waals surface area contributed by atoms with Gasteiger partial charge in [0, 0.05) is 39.9 Å². The summed E-state index contributed by atoms with van der Waals surface area (Å²) in [5.74, 6) is 1.03. The first-order valence-corrected chi connectivity index (χ1v) is 9.68.